The van der Waals surface area contributed by atoms with E-state index in [2.05, 4.69) is 10.5 Å². The summed E-state index contributed by atoms with van der Waals surface area (Å²) in [5.74, 6) is -1.52. The van der Waals surface area contributed by atoms with Gasteiger partial charge in [0.25, 0.3) is 0 Å². The Morgan fingerprint density at radius 3 is 2.18 bits per heavy atom. The highest BCUT2D eigenvalue weighted by Gasteiger charge is 2.13. The Morgan fingerprint density at radius 2 is 1.64 bits per heavy atom. The predicted molar refractivity (Wildman–Crippen MR) is 80.8 cm³/mol. The first-order chi connectivity index (χ1) is 10.6. The molecule has 6 heteroatoms. The van der Waals surface area contributed by atoms with Gasteiger partial charge in [-0.15, -0.1) is 0 Å². The number of carbonyl (C=O) groups is 2. The van der Waals surface area contributed by atoms with Gasteiger partial charge >= 0.3 is 5.97 Å². The summed E-state index contributed by atoms with van der Waals surface area (Å²) in [6.45, 7) is 0. The van der Waals surface area contributed by atoms with Crippen LogP contribution >= 0.6 is 0 Å². The van der Waals surface area contributed by atoms with Gasteiger partial charge in [0.2, 0.25) is 11.5 Å². The minimum Gasteiger partial charge on any atom is -0.478 e. The Labute approximate surface area is 126 Å². The Bertz CT molecular complexity index is 759. The molecule has 0 saturated heterocycles. The van der Waals surface area contributed by atoms with E-state index in [-0.39, 0.29) is 11.3 Å². The number of benzene rings is 2. The third-order valence-corrected chi connectivity index (χ3v) is 2.79. The number of Topliss-reactive ketones (excluding diaryl/α,β-unsaturated/α-hetero) is 1. The molecule has 0 spiro atoms. The Morgan fingerprint density at radius 1 is 1.00 bits per heavy atom. The fourth-order valence-corrected chi connectivity index (χ4v) is 1.66. The number of nitrogens with zero attached hydrogens (tertiary/aromatic N) is 2. The number of hydrogen-bond acceptors (Lipinski definition) is 5. The van der Waals surface area contributed by atoms with Crippen LogP contribution in [0.5, 0.6) is 0 Å². The lowest BCUT2D eigenvalue weighted by Crippen LogP contribution is -2.14. The van der Waals surface area contributed by atoms with Crippen LogP contribution in [0.15, 0.2) is 59.7 Å². The van der Waals surface area contributed by atoms with Gasteiger partial charge in [0.1, 0.15) is 6.07 Å². The van der Waals surface area contributed by atoms with Crippen LogP contribution in [0.25, 0.3) is 0 Å². The molecule has 0 radical (unpaired) electrons. The maximum Gasteiger partial charge on any atom is 0.335 e. The Hall–Kier alpha value is -3.46. The van der Waals surface area contributed by atoms with Crippen molar-refractivity contribution >= 4 is 23.2 Å². The third-order valence-electron chi connectivity index (χ3n) is 2.79. The van der Waals surface area contributed by atoms with E-state index < -0.39 is 11.8 Å². The normalized spacial score (nSPS) is 10.6. The molecule has 0 aromatic heterocycles. The van der Waals surface area contributed by atoms with Gasteiger partial charge in [-0.1, -0.05) is 30.3 Å². The summed E-state index contributed by atoms with van der Waals surface area (Å²) in [4.78, 5) is 22.8. The first-order valence-corrected chi connectivity index (χ1v) is 6.28. The highest BCUT2D eigenvalue weighted by atomic mass is 16.4. The fourth-order valence-electron chi connectivity index (χ4n) is 1.66. The van der Waals surface area contributed by atoms with Crippen LogP contribution in [0.1, 0.15) is 20.7 Å². The molecule has 0 bridgehead atoms. The number of ketones is 1. The van der Waals surface area contributed by atoms with E-state index in [1.807, 2.05) is 0 Å². The third kappa shape index (κ3) is 3.55. The Balaban J connectivity index is 2.15. The number of carboxylic acid groups (broad SMARTS) is 1. The number of nitriles is 1. The zero-order valence-corrected chi connectivity index (χ0v) is 11.4. The van der Waals surface area contributed by atoms with Crippen LogP contribution < -0.4 is 5.43 Å². The quantitative estimate of drug-likeness (QED) is 0.501. The molecule has 6 nitrogen and oxygen atoms in total. The van der Waals surface area contributed by atoms with Crippen molar-refractivity contribution in [3.63, 3.8) is 0 Å². The van der Waals surface area contributed by atoms with Crippen molar-refractivity contribution in [3.05, 3.63) is 65.7 Å². The molecule has 0 aliphatic carbocycles. The van der Waals surface area contributed by atoms with Crippen molar-refractivity contribution in [1.29, 1.82) is 5.26 Å². The molecule has 2 aromatic carbocycles. The summed E-state index contributed by atoms with van der Waals surface area (Å²) in [6.07, 6.45) is 0. The first-order valence-electron chi connectivity index (χ1n) is 6.28. The van der Waals surface area contributed by atoms with Crippen molar-refractivity contribution in [3.8, 4) is 6.07 Å². The van der Waals surface area contributed by atoms with Gasteiger partial charge in [-0.2, -0.15) is 10.4 Å². The van der Waals surface area contributed by atoms with E-state index in [0.29, 0.717) is 11.3 Å². The van der Waals surface area contributed by atoms with Gasteiger partial charge in [-0.25, -0.2) is 4.79 Å². The number of nitrogens with one attached hydrogen (secondary N) is 1. The van der Waals surface area contributed by atoms with Gasteiger partial charge in [-0.3, -0.25) is 10.2 Å². The predicted octanol–water partition coefficient (Wildman–Crippen LogP) is 2.56. The SMILES string of the molecule is N#CC(=NNc1ccc(C(=O)O)cc1)C(=O)c1ccccc1. The van der Waals surface area contributed by atoms with Gasteiger partial charge in [-0.05, 0) is 24.3 Å². The van der Waals surface area contributed by atoms with E-state index >= 15 is 0 Å². The second kappa shape index (κ2) is 6.81. The molecule has 0 saturated carbocycles. The molecule has 108 valence electrons. The number of anilines is 1. The standard InChI is InChI=1S/C16H11N3O3/c17-10-14(15(20)11-4-2-1-3-5-11)19-18-13-8-6-12(7-9-13)16(21)22/h1-9,18H,(H,21,22). The van der Waals surface area contributed by atoms with Gasteiger partial charge in [0, 0.05) is 5.56 Å². The molecule has 22 heavy (non-hydrogen) atoms. The molecular weight excluding hydrogens is 282 g/mol. The lowest BCUT2D eigenvalue weighted by molar-refractivity contribution is 0.0696. The van der Waals surface area contributed by atoms with E-state index in [1.165, 1.54) is 24.3 Å². The van der Waals surface area contributed by atoms with E-state index in [0.717, 1.165) is 0 Å². The molecule has 0 unspecified atom stereocenters. The van der Waals surface area contributed by atoms with Crippen molar-refractivity contribution < 1.29 is 14.7 Å². The summed E-state index contributed by atoms with van der Waals surface area (Å²) in [5.41, 5.74) is 3.25. The van der Waals surface area contributed by atoms with Crippen LogP contribution in [0.2, 0.25) is 0 Å². The molecule has 0 atom stereocenters. The molecule has 2 rings (SSSR count). The number of hydrogen-bond donors (Lipinski definition) is 2. The van der Waals surface area contributed by atoms with Crippen molar-refractivity contribution in [2.75, 3.05) is 5.43 Å². The molecule has 0 fully saturated rings. The van der Waals surface area contributed by atoms with Crippen molar-refractivity contribution in [2.24, 2.45) is 5.10 Å². The van der Waals surface area contributed by atoms with Crippen LogP contribution in [-0.2, 0) is 0 Å². The summed E-state index contributed by atoms with van der Waals surface area (Å²) in [6, 6.07) is 15.9. The molecule has 0 heterocycles. The Kier molecular flexibility index (Phi) is 4.63. The van der Waals surface area contributed by atoms with Crippen LogP contribution in [0.4, 0.5) is 5.69 Å². The largest absolute Gasteiger partial charge is 0.478 e. The van der Waals surface area contributed by atoms with Crippen molar-refractivity contribution in [1.82, 2.24) is 0 Å². The lowest BCUT2D eigenvalue weighted by Gasteiger charge is -2.02. The zero-order valence-electron chi connectivity index (χ0n) is 11.4. The number of aromatic carboxylic acids is 1. The molecular formula is C16H11N3O3. The second-order valence-electron chi connectivity index (χ2n) is 4.26. The van der Waals surface area contributed by atoms with Crippen molar-refractivity contribution in [2.45, 2.75) is 0 Å². The summed E-state index contributed by atoms with van der Waals surface area (Å²) in [7, 11) is 0. The highest BCUT2D eigenvalue weighted by molar-refractivity contribution is 6.51. The van der Waals surface area contributed by atoms with Gasteiger partial charge in [0.15, 0.2) is 0 Å². The lowest BCUT2D eigenvalue weighted by atomic mass is 10.1. The van der Waals surface area contributed by atoms with E-state index in [9.17, 15) is 9.59 Å². The van der Waals surface area contributed by atoms with Crippen LogP contribution in [0, 0.1) is 11.3 Å². The average molecular weight is 293 g/mol. The number of hydrazone groups is 1. The van der Waals surface area contributed by atoms with Gasteiger partial charge < -0.3 is 5.11 Å². The molecule has 2 N–H and O–H groups in total. The van der Waals surface area contributed by atoms with Crippen LogP contribution in [-0.4, -0.2) is 22.6 Å². The summed E-state index contributed by atoms with van der Waals surface area (Å²) < 4.78 is 0. The monoisotopic (exact) mass is 293 g/mol. The minimum absolute atomic E-state index is 0.135. The second-order valence-corrected chi connectivity index (χ2v) is 4.26. The van der Waals surface area contributed by atoms with Gasteiger partial charge in [0.05, 0.1) is 11.3 Å². The van der Waals surface area contributed by atoms with Crippen LogP contribution in [0.3, 0.4) is 0 Å². The summed E-state index contributed by atoms with van der Waals surface area (Å²) in [5, 5.41) is 21.6. The van der Waals surface area contributed by atoms with E-state index in [4.69, 9.17) is 10.4 Å². The highest BCUT2D eigenvalue weighted by Crippen LogP contribution is 2.10. The maximum absolute atomic E-state index is 12.1. The average Bonchev–Trinajstić information content (AvgIpc) is 2.56. The molecule has 0 amide bonds. The molecule has 0 aliphatic heterocycles. The molecule has 2 aromatic rings. The fraction of sp³-hybridized carbons (Fsp3) is 0. The zero-order chi connectivity index (χ0) is 15.9. The number of rotatable bonds is 5. The maximum atomic E-state index is 12.1. The minimum atomic E-state index is -1.04. The summed E-state index contributed by atoms with van der Waals surface area (Å²) >= 11 is 0. The topological polar surface area (TPSA) is 103 Å². The number of carboxylic acids is 1. The first kappa shape index (κ1) is 14.9. The smallest absolute Gasteiger partial charge is 0.335 e. The molecule has 0 aliphatic rings. The van der Waals surface area contributed by atoms with E-state index in [1.54, 1.807) is 36.4 Å². The number of carbonyl (C=O) groups excluding carboxylic acids is 1.